The van der Waals surface area contributed by atoms with Crippen molar-refractivity contribution in [1.82, 2.24) is 5.32 Å². The fourth-order valence-corrected chi connectivity index (χ4v) is 4.21. The summed E-state index contributed by atoms with van der Waals surface area (Å²) in [6.45, 7) is 2.05. The van der Waals surface area contributed by atoms with Gasteiger partial charge in [-0.25, -0.2) is 8.78 Å². The number of ether oxygens (including phenoxy) is 1. The molecule has 0 aromatic heterocycles. The molecule has 0 radical (unpaired) electrons. The van der Waals surface area contributed by atoms with E-state index in [0.29, 0.717) is 11.6 Å². The van der Waals surface area contributed by atoms with E-state index < -0.39 is 59.4 Å². The highest BCUT2D eigenvalue weighted by molar-refractivity contribution is 5.83. The van der Waals surface area contributed by atoms with Crippen LogP contribution in [0.1, 0.15) is 37.0 Å². The molecule has 3 aromatic rings. The number of benzene rings is 3. The molecule has 3 rings (SSSR count). The van der Waals surface area contributed by atoms with Crippen LogP contribution in [0.2, 0.25) is 0 Å². The predicted octanol–water partition coefficient (Wildman–Crippen LogP) is 7.78. The van der Waals surface area contributed by atoms with Gasteiger partial charge in [-0.15, -0.1) is 0 Å². The molecule has 1 atom stereocenters. The van der Waals surface area contributed by atoms with Gasteiger partial charge < -0.3 is 10.1 Å². The van der Waals surface area contributed by atoms with Gasteiger partial charge in [0.25, 0.3) is 0 Å². The lowest BCUT2D eigenvalue weighted by Gasteiger charge is -2.39. The van der Waals surface area contributed by atoms with E-state index in [-0.39, 0.29) is 17.5 Å². The van der Waals surface area contributed by atoms with Crippen LogP contribution in [0.15, 0.2) is 72.8 Å². The summed E-state index contributed by atoms with van der Waals surface area (Å²) in [5, 5.41) is 2.51. The van der Waals surface area contributed by atoms with Crippen LogP contribution in [-0.2, 0) is 16.8 Å². The van der Waals surface area contributed by atoms with Gasteiger partial charge in [0.1, 0.15) is 17.4 Å². The quantitative estimate of drug-likeness (QED) is 0.250. The van der Waals surface area contributed by atoms with Crippen molar-refractivity contribution in [2.45, 2.75) is 50.9 Å². The van der Waals surface area contributed by atoms with Gasteiger partial charge in [0, 0.05) is 12.5 Å². The van der Waals surface area contributed by atoms with Gasteiger partial charge in [-0.1, -0.05) is 56.3 Å². The summed E-state index contributed by atoms with van der Waals surface area (Å²) in [4.78, 5) is 13.4. The van der Waals surface area contributed by atoms with E-state index in [1.54, 1.807) is 30.3 Å². The molecule has 3 nitrogen and oxygen atoms in total. The van der Waals surface area contributed by atoms with Crippen molar-refractivity contribution < 1.29 is 49.0 Å². The summed E-state index contributed by atoms with van der Waals surface area (Å²) in [5.74, 6) is -4.15. The minimum Gasteiger partial charge on any atom is -0.428 e. The smallest absolute Gasteiger partial charge is 0.428 e. The lowest BCUT2D eigenvalue weighted by Crippen LogP contribution is -2.53. The van der Waals surface area contributed by atoms with Crippen molar-refractivity contribution in [3.8, 4) is 5.75 Å². The van der Waals surface area contributed by atoms with Crippen LogP contribution in [0.5, 0.6) is 5.75 Å². The molecule has 12 heteroatoms. The fraction of sp³-hybridized carbons (Fsp3) is 0.321. The highest BCUT2D eigenvalue weighted by atomic mass is 19.4. The zero-order valence-corrected chi connectivity index (χ0v) is 21.1. The first-order chi connectivity index (χ1) is 18.4. The molecule has 0 saturated carbocycles. The summed E-state index contributed by atoms with van der Waals surface area (Å²) >= 11 is 0. The molecular weight excluding hydrogens is 553 g/mol. The maximum Gasteiger partial charge on any atom is 0.461 e. The van der Waals surface area contributed by atoms with Crippen molar-refractivity contribution >= 4 is 5.91 Å². The zero-order valence-electron chi connectivity index (χ0n) is 21.1. The number of carbonyl (C=O) groups excluding carboxylic acids is 1. The summed E-state index contributed by atoms with van der Waals surface area (Å²) < 4.78 is 126. The minimum atomic E-state index is -5.01. The molecule has 1 N–H and O–H groups in total. The number of halogens is 9. The molecule has 40 heavy (non-hydrogen) atoms. The van der Waals surface area contributed by atoms with E-state index in [1.165, 1.54) is 12.1 Å². The number of hydrogen-bond donors (Lipinski definition) is 1. The van der Waals surface area contributed by atoms with E-state index in [9.17, 15) is 44.3 Å². The van der Waals surface area contributed by atoms with Crippen LogP contribution < -0.4 is 10.1 Å². The first-order valence-electron chi connectivity index (χ1n) is 11.8. The van der Waals surface area contributed by atoms with Crippen molar-refractivity contribution in [2.75, 3.05) is 0 Å². The highest BCUT2D eigenvalue weighted by Gasteiger charge is 2.47. The molecule has 0 heterocycles. The second kappa shape index (κ2) is 11.4. The first kappa shape index (κ1) is 30.8. The lowest BCUT2D eigenvalue weighted by molar-refractivity contribution is -0.253. The number of rotatable bonds is 10. The number of nitrogens with one attached hydrogen (secondary N) is 1. The van der Waals surface area contributed by atoms with Crippen LogP contribution in [-0.4, -0.2) is 24.6 Å². The summed E-state index contributed by atoms with van der Waals surface area (Å²) in [7, 11) is 0. The maximum atomic E-state index is 14.8. The van der Waals surface area contributed by atoms with Gasteiger partial charge in [0.2, 0.25) is 5.91 Å². The third kappa shape index (κ3) is 7.48. The summed E-state index contributed by atoms with van der Waals surface area (Å²) in [5.41, 5.74) is -3.93. The lowest BCUT2D eigenvalue weighted by atomic mass is 9.76. The Bertz CT molecular complexity index is 1310. The van der Waals surface area contributed by atoms with Crippen LogP contribution in [0.3, 0.4) is 0 Å². The predicted molar refractivity (Wildman–Crippen MR) is 128 cm³/mol. The maximum absolute atomic E-state index is 14.8. The van der Waals surface area contributed by atoms with Gasteiger partial charge in [-0.05, 0) is 41.0 Å². The number of carbonyl (C=O) groups is 1. The SMILES string of the molecule is CC(C)(CC(F)(F)F)C(=O)NC(Cc1ccccc1)(c1ccc(F)cc1)c1cc(F)cc(OC(F)(F)C(F)F)c1. The van der Waals surface area contributed by atoms with Gasteiger partial charge in [0.05, 0.1) is 17.4 Å². The largest absolute Gasteiger partial charge is 0.461 e. The van der Waals surface area contributed by atoms with E-state index in [1.807, 2.05) is 0 Å². The standard InChI is InChI=1S/C28H24F9NO2/c1-25(2,16-27(33,34)35)24(39)38-26(15-17-6-4-3-5-7-17,18-8-10-20(29)11-9-18)19-12-21(30)14-22(13-19)40-28(36,37)23(31)32/h3-14,23H,15-16H2,1-2H3,(H,38,39). The molecule has 0 aliphatic carbocycles. The number of hydrogen-bond acceptors (Lipinski definition) is 2. The van der Waals surface area contributed by atoms with Gasteiger partial charge in [-0.3, -0.25) is 4.79 Å². The van der Waals surface area contributed by atoms with Crippen molar-refractivity contribution in [1.29, 1.82) is 0 Å². The van der Waals surface area contributed by atoms with Gasteiger partial charge in [-0.2, -0.15) is 30.7 Å². The Morgan fingerprint density at radius 3 is 1.98 bits per heavy atom. The van der Waals surface area contributed by atoms with Crippen LogP contribution in [0, 0.1) is 17.0 Å². The first-order valence-corrected chi connectivity index (χ1v) is 11.8. The van der Waals surface area contributed by atoms with Crippen molar-refractivity contribution in [3.05, 3.63) is 101 Å². The van der Waals surface area contributed by atoms with Crippen LogP contribution >= 0.6 is 0 Å². The molecule has 0 aliphatic rings. The molecule has 0 saturated heterocycles. The Kier molecular flexibility index (Phi) is 8.80. The third-order valence-electron chi connectivity index (χ3n) is 6.11. The van der Waals surface area contributed by atoms with Crippen LogP contribution in [0.4, 0.5) is 39.5 Å². The third-order valence-corrected chi connectivity index (χ3v) is 6.11. The van der Waals surface area contributed by atoms with Gasteiger partial charge in [0.15, 0.2) is 0 Å². The van der Waals surface area contributed by atoms with Gasteiger partial charge >= 0.3 is 18.7 Å². The molecule has 3 aromatic carbocycles. The monoisotopic (exact) mass is 577 g/mol. The van der Waals surface area contributed by atoms with E-state index in [2.05, 4.69) is 10.1 Å². The molecule has 0 fully saturated rings. The highest BCUT2D eigenvalue weighted by Crippen LogP contribution is 2.40. The van der Waals surface area contributed by atoms with E-state index >= 15 is 0 Å². The number of alkyl halides is 7. The number of amides is 1. The normalized spacial score (nSPS) is 14.1. The van der Waals surface area contributed by atoms with Crippen LogP contribution in [0.25, 0.3) is 0 Å². The summed E-state index contributed by atoms with van der Waals surface area (Å²) in [6, 6.07) is 14.3. The average molecular weight is 577 g/mol. The molecule has 216 valence electrons. The molecule has 1 amide bonds. The Balaban J connectivity index is 2.29. The molecule has 0 aliphatic heterocycles. The topological polar surface area (TPSA) is 38.3 Å². The Labute approximate surface area is 224 Å². The summed E-state index contributed by atoms with van der Waals surface area (Å²) in [6.07, 6.45) is -15.9. The molecule has 1 unspecified atom stereocenters. The van der Waals surface area contributed by atoms with Crippen molar-refractivity contribution in [3.63, 3.8) is 0 Å². The fourth-order valence-electron chi connectivity index (χ4n) is 4.21. The van der Waals surface area contributed by atoms with E-state index in [0.717, 1.165) is 38.1 Å². The molecule has 0 spiro atoms. The average Bonchev–Trinajstić information content (AvgIpc) is 2.82. The second-order valence-corrected chi connectivity index (χ2v) is 9.84. The Morgan fingerprint density at radius 2 is 1.43 bits per heavy atom. The molecule has 0 bridgehead atoms. The van der Waals surface area contributed by atoms with Crippen molar-refractivity contribution in [2.24, 2.45) is 5.41 Å². The molecular formula is C28H24F9NO2. The Hall–Kier alpha value is -3.70. The van der Waals surface area contributed by atoms with E-state index in [4.69, 9.17) is 0 Å². The minimum absolute atomic E-state index is 0.0334. The second-order valence-electron chi connectivity index (χ2n) is 9.84. The Morgan fingerprint density at radius 1 is 0.825 bits per heavy atom. The zero-order chi connectivity index (χ0) is 29.9.